The van der Waals surface area contributed by atoms with E-state index in [4.69, 9.17) is 0 Å². The van der Waals surface area contributed by atoms with Gasteiger partial charge in [-0.25, -0.2) is 4.39 Å². The summed E-state index contributed by atoms with van der Waals surface area (Å²) in [5, 5.41) is 5.52. The van der Waals surface area contributed by atoms with Crippen LogP contribution in [-0.4, -0.2) is 16.4 Å². The number of rotatable bonds is 7. The second-order valence-electron chi connectivity index (χ2n) is 8.19. The second-order valence-corrected chi connectivity index (χ2v) is 8.19. The molecule has 1 aromatic heterocycles. The zero-order valence-corrected chi connectivity index (χ0v) is 19.1. The molecule has 0 bridgehead atoms. The first kappa shape index (κ1) is 23.6. The van der Waals surface area contributed by atoms with Gasteiger partial charge >= 0.3 is 0 Å². The van der Waals surface area contributed by atoms with Crippen molar-refractivity contribution in [2.24, 2.45) is 0 Å². The van der Waals surface area contributed by atoms with Crippen LogP contribution in [0.15, 0.2) is 95.9 Å². The van der Waals surface area contributed by atoms with Crippen molar-refractivity contribution in [3.8, 4) is 0 Å². The van der Waals surface area contributed by atoms with Crippen molar-refractivity contribution in [2.75, 3.05) is 5.32 Å². The van der Waals surface area contributed by atoms with E-state index in [1.807, 2.05) is 31.2 Å². The van der Waals surface area contributed by atoms with Crippen molar-refractivity contribution in [1.29, 1.82) is 0 Å². The van der Waals surface area contributed by atoms with E-state index >= 15 is 0 Å². The highest BCUT2D eigenvalue weighted by Gasteiger charge is 2.13. The molecule has 7 heteroatoms. The molecule has 4 aromatic rings. The normalized spacial score (nSPS) is 10.6. The fraction of sp³-hybridized carbons (Fsp3) is 0.107. The molecule has 0 spiro atoms. The largest absolute Gasteiger partial charge is 0.348 e. The number of amides is 2. The van der Waals surface area contributed by atoms with Crippen molar-refractivity contribution in [2.45, 2.75) is 20.0 Å². The summed E-state index contributed by atoms with van der Waals surface area (Å²) >= 11 is 0. The first-order valence-electron chi connectivity index (χ1n) is 11.1. The highest BCUT2D eigenvalue weighted by molar-refractivity contribution is 6.04. The van der Waals surface area contributed by atoms with Gasteiger partial charge in [0, 0.05) is 24.0 Å². The van der Waals surface area contributed by atoms with Crippen LogP contribution in [0.3, 0.4) is 0 Å². The molecule has 0 radical (unpaired) electrons. The van der Waals surface area contributed by atoms with Crippen LogP contribution in [0.25, 0.3) is 0 Å². The molecule has 0 saturated carbocycles. The SMILES string of the molecule is Cc1cccc(Cn2cccc(C(=O)NCc3cccc(NC(=O)c4ccc(F)cc4)c3)c2=O)c1. The van der Waals surface area contributed by atoms with Crippen LogP contribution in [-0.2, 0) is 13.1 Å². The summed E-state index contributed by atoms with van der Waals surface area (Å²) in [4.78, 5) is 38.0. The molecule has 35 heavy (non-hydrogen) atoms. The molecule has 176 valence electrons. The molecular formula is C28H24FN3O3. The highest BCUT2D eigenvalue weighted by Crippen LogP contribution is 2.13. The summed E-state index contributed by atoms with van der Waals surface area (Å²) in [5.74, 6) is -1.27. The van der Waals surface area contributed by atoms with E-state index in [1.165, 1.54) is 34.9 Å². The zero-order chi connectivity index (χ0) is 24.8. The predicted octanol–water partition coefficient (Wildman–Crippen LogP) is 4.53. The summed E-state index contributed by atoms with van der Waals surface area (Å²) in [7, 11) is 0. The minimum atomic E-state index is -0.477. The van der Waals surface area contributed by atoms with E-state index in [2.05, 4.69) is 10.6 Å². The topological polar surface area (TPSA) is 80.2 Å². The molecule has 2 N–H and O–H groups in total. The van der Waals surface area contributed by atoms with Gasteiger partial charge in [-0.2, -0.15) is 0 Å². The lowest BCUT2D eigenvalue weighted by molar-refractivity contribution is 0.0947. The third kappa shape index (κ3) is 6.09. The maximum atomic E-state index is 13.1. The number of pyridine rings is 1. The Bertz CT molecular complexity index is 1430. The smallest absolute Gasteiger partial charge is 0.263 e. The third-order valence-electron chi connectivity index (χ3n) is 5.44. The number of nitrogens with one attached hydrogen (secondary N) is 2. The number of hydrogen-bond acceptors (Lipinski definition) is 3. The number of carbonyl (C=O) groups is 2. The molecule has 0 unspecified atom stereocenters. The summed E-state index contributed by atoms with van der Waals surface area (Å²) in [6.45, 7) is 2.53. The Labute approximate surface area is 202 Å². The average molecular weight is 470 g/mol. The first-order valence-corrected chi connectivity index (χ1v) is 11.1. The van der Waals surface area contributed by atoms with E-state index in [0.717, 1.165) is 16.7 Å². The van der Waals surface area contributed by atoms with Gasteiger partial charge < -0.3 is 15.2 Å². The van der Waals surface area contributed by atoms with Gasteiger partial charge in [0.05, 0.1) is 6.54 Å². The number of benzene rings is 3. The van der Waals surface area contributed by atoms with Gasteiger partial charge in [-0.3, -0.25) is 14.4 Å². The molecule has 0 saturated heterocycles. The molecule has 0 aliphatic rings. The van der Waals surface area contributed by atoms with E-state index in [0.29, 0.717) is 17.8 Å². The van der Waals surface area contributed by atoms with Crippen LogP contribution in [0.5, 0.6) is 0 Å². The van der Waals surface area contributed by atoms with Crippen molar-refractivity contribution in [1.82, 2.24) is 9.88 Å². The maximum absolute atomic E-state index is 13.1. The predicted molar refractivity (Wildman–Crippen MR) is 133 cm³/mol. The van der Waals surface area contributed by atoms with Crippen LogP contribution in [0.2, 0.25) is 0 Å². The Morgan fingerprint density at radius 1 is 0.857 bits per heavy atom. The maximum Gasteiger partial charge on any atom is 0.263 e. The van der Waals surface area contributed by atoms with Gasteiger partial charge in [-0.15, -0.1) is 0 Å². The van der Waals surface area contributed by atoms with E-state index in [1.54, 1.807) is 36.5 Å². The Kier molecular flexibility index (Phi) is 7.16. The summed E-state index contributed by atoms with van der Waals surface area (Å²) in [6, 6.07) is 23.3. The first-order chi connectivity index (χ1) is 16.9. The highest BCUT2D eigenvalue weighted by atomic mass is 19.1. The van der Waals surface area contributed by atoms with Gasteiger partial charge in [0.2, 0.25) is 0 Å². The van der Waals surface area contributed by atoms with Crippen LogP contribution < -0.4 is 16.2 Å². The number of carbonyl (C=O) groups excluding carboxylic acids is 2. The lowest BCUT2D eigenvalue weighted by Gasteiger charge is -2.11. The standard InChI is InChI=1S/C28H24FN3O3/c1-19-5-2-7-21(15-19)18-32-14-4-9-25(28(32)35)27(34)30-17-20-6-3-8-24(16-20)31-26(33)22-10-12-23(29)13-11-22/h2-16H,17-18H2,1H3,(H,30,34)(H,31,33). The third-order valence-corrected chi connectivity index (χ3v) is 5.44. The van der Waals surface area contributed by atoms with Gasteiger partial charge in [-0.05, 0) is 66.6 Å². The van der Waals surface area contributed by atoms with E-state index in [9.17, 15) is 18.8 Å². The number of halogens is 1. The van der Waals surface area contributed by atoms with Crippen molar-refractivity contribution in [3.63, 3.8) is 0 Å². The number of aromatic nitrogens is 1. The fourth-order valence-corrected chi connectivity index (χ4v) is 3.68. The van der Waals surface area contributed by atoms with Gasteiger partial charge in [0.1, 0.15) is 11.4 Å². The quantitative estimate of drug-likeness (QED) is 0.418. The Balaban J connectivity index is 1.41. The molecular weight excluding hydrogens is 445 g/mol. The number of nitrogens with zero attached hydrogens (tertiary/aromatic N) is 1. The molecule has 0 aliphatic heterocycles. The zero-order valence-electron chi connectivity index (χ0n) is 19.1. The summed E-state index contributed by atoms with van der Waals surface area (Å²) in [5.41, 5.74) is 3.37. The Hall–Kier alpha value is -4.52. The summed E-state index contributed by atoms with van der Waals surface area (Å²) in [6.07, 6.45) is 1.66. The molecule has 6 nitrogen and oxygen atoms in total. The fourth-order valence-electron chi connectivity index (χ4n) is 3.68. The number of anilines is 1. The van der Waals surface area contributed by atoms with Crippen LogP contribution in [0, 0.1) is 12.7 Å². The minimum absolute atomic E-state index is 0.0564. The van der Waals surface area contributed by atoms with E-state index in [-0.39, 0.29) is 23.6 Å². The Morgan fingerprint density at radius 3 is 2.37 bits per heavy atom. The molecule has 0 atom stereocenters. The molecule has 2 amide bonds. The van der Waals surface area contributed by atoms with E-state index < -0.39 is 11.7 Å². The lowest BCUT2D eigenvalue weighted by Crippen LogP contribution is -2.32. The molecule has 4 rings (SSSR count). The lowest BCUT2D eigenvalue weighted by atomic mass is 10.1. The minimum Gasteiger partial charge on any atom is -0.348 e. The van der Waals surface area contributed by atoms with Gasteiger partial charge in [-0.1, -0.05) is 42.0 Å². The van der Waals surface area contributed by atoms with Crippen LogP contribution >= 0.6 is 0 Å². The molecule has 0 fully saturated rings. The summed E-state index contributed by atoms with van der Waals surface area (Å²) < 4.78 is 14.6. The van der Waals surface area contributed by atoms with Crippen LogP contribution in [0.4, 0.5) is 10.1 Å². The molecule has 3 aromatic carbocycles. The van der Waals surface area contributed by atoms with Gasteiger partial charge in [0.25, 0.3) is 17.4 Å². The van der Waals surface area contributed by atoms with Crippen molar-refractivity contribution >= 4 is 17.5 Å². The van der Waals surface area contributed by atoms with Gasteiger partial charge in [0.15, 0.2) is 0 Å². The van der Waals surface area contributed by atoms with Crippen molar-refractivity contribution < 1.29 is 14.0 Å². The van der Waals surface area contributed by atoms with Crippen molar-refractivity contribution in [3.05, 3.63) is 135 Å². The molecule has 1 heterocycles. The second kappa shape index (κ2) is 10.6. The number of hydrogen-bond donors (Lipinski definition) is 2. The average Bonchev–Trinajstić information content (AvgIpc) is 2.84. The molecule has 0 aliphatic carbocycles. The monoisotopic (exact) mass is 469 g/mol. The number of aryl methyl sites for hydroxylation is 1. The van der Waals surface area contributed by atoms with Crippen LogP contribution in [0.1, 0.15) is 37.4 Å². The Morgan fingerprint density at radius 2 is 1.60 bits per heavy atom.